The number of fused-ring (bicyclic) bond motifs is 1. The van der Waals surface area contributed by atoms with E-state index in [1.165, 1.54) is 0 Å². The van der Waals surface area contributed by atoms with Crippen LogP contribution in [-0.4, -0.2) is 19.9 Å². The molecule has 2 heterocycles. The zero-order chi connectivity index (χ0) is 11.0. The lowest BCUT2D eigenvalue weighted by Gasteiger charge is -2.05. The molecule has 2 aromatic rings. The van der Waals surface area contributed by atoms with Gasteiger partial charge in [-0.05, 0) is 13.3 Å². The molecule has 0 saturated carbocycles. The van der Waals surface area contributed by atoms with Crippen LogP contribution in [0.2, 0.25) is 0 Å². The van der Waals surface area contributed by atoms with Crippen LogP contribution < -0.4 is 11.5 Å². The van der Waals surface area contributed by atoms with Crippen molar-refractivity contribution in [1.29, 1.82) is 0 Å². The minimum atomic E-state index is 0.125. The molecule has 78 valence electrons. The highest BCUT2D eigenvalue weighted by Crippen LogP contribution is 2.16. The van der Waals surface area contributed by atoms with Crippen LogP contribution in [0, 0.1) is 6.92 Å². The summed E-state index contributed by atoms with van der Waals surface area (Å²) in [6.45, 7) is 3.90. The van der Waals surface area contributed by atoms with Crippen LogP contribution in [0.25, 0.3) is 11.2 Å². The predicted molar refractivity (Wildman–Crippen MR) is 58.1 cm³/mol. The van der Waals surface area contributed by atoms with Gasteiger partial charge in [-0.3, -0.25) is 0 Å². The Balaban J connectivity index is 2.81. The van der Waals surface area contributed by atoms with Crippen LogP contribution in [0.1, 0.15) is 18.3 Å². The quantitative estimate of drug-likeness (QED) is 0.699. The Hall–Kier alpha value is -1.98. The molecule has 0 aromatic carbocycles. The molecule has 0 aliphatic carbocycles. The molecule has 4 N–H and O–H groups in total. The van der Waals surface area contributed by atoms with Crippen molar-refractivity contribution in [3.05, 3.63) is 11.4 Å². The van der Waals surface area contributed by atoms with Gasteiger partial charge in [0.2, 0.25) is 5.95 Å². The summed E-state index contributed by atoms with van der Waals surface area (Å²) >= 11 is 0. The predicted octanol–water partition coefficient (Wildman–Crippen LogP) is 0.455. The third kappa shape index (κ3) is 1.54. The molecule has 0 unspecified atom stereocenters. The van der Waals surface area contributed by atoms with Crippen molar-refractivity contribution >= 4 is 22.9 Å². The van der Waals surface area contributed by atoms with Crippen molar-refractivity contribution in [2.24, 2.45) is 0 Å². The number of nitrogens with zero attached hydrogens (tertiary/aromatic N) is 4. The van der Waals surface area contributed by atoms with Crippen LogP contribution in [-0.2, 0) is 6.42 Å². The number of hydrogen-bond acceptors (Lipinski definition) is 6. The average molecular weight is 204 g/mol. The minimum absolute atomic E-state index is 0.125. The van der Waals surface area contributed by atoms with Crippen LogP contribution in [0.15, 0.2) is 0 Å². The van der Waals surface area contributed by atoms with Gasteiger partial charge in [-0.25, -0.2) is 9.97 Å². The van der Waals surface area contributed by atoms with E-state index in [1.807, 2.05) is 13.8 Å². The summed E-state index contributed by atoms with van der Waals surface area (Å²) in [5.74, 6) is 0.399. The molecule has 0 atom stereocenters. The Morgan fingerprint density at radius 3 is 2.47 bits per heavy atom. The summed E-state index contributed by atoms with van der Waals surface area (Å²) in [6, 6.07) is 0. The fraction of sp³-hybridized carbons (Fsp3) is 0.333. The average Bonchev–Trinajstić information content (AvgIpc) is 2.18. The van der Waals surface area contributed by atoms with E-state index >= 15 is 0 Å². The van der Waals surface area contributed by atoms with Crippen LogP contribution in [0.5, 0.6) is 0 Å². The van der Waals surface area contributed by atoms with Gasteiger partial charge in [0, 0.05) is 0 Å². The van der Waals surface area contributed by atoms with Gasteiger partial charge in [0.15, 0.2) is 17.0 Å². The molecule has 0 spiro atoms. The van der Waals surface area contributed by atoms with Crippen molar-refractivity contribution in [1.82, 2.24) is 19.9 Å². The molecule has 0 saturated heterocycles. The second-order valence-electron chi connectivity index (χ2n) is 3.25. The Labute approximate surface area is 86.8 Å². The van der Waals surface area contributed by atoms with Gasteiger partial charge < -0.3 is 11.5 Å². The molecule has 0 aliphatic heterocycles. The lowest BCUT2D eigenvalue weighted by atomic mass is 10.2. The first-order valence-electron chi connectivity index (χ1n) is 4.68. The molecule has 0 fully saturated rings. The summed E-state index contributed by atoms with van der Waals surface area (Å²) in [7, 11) is 0. The highest BCUT2D eigenvalue weighted by Gasteiger charge is 2.09. The van der Waals surface area contributed by atoms with Crippen LogP contribution in [0.4, 0.5) is 11.8 Å². The molecule has 2 rings (SSSR count). The van der Waals surface area contributed by atoms with Gasteiger partial charge in [-0.1, -0.05) is 6.92 Å². The Morgan fingerprint density at radius 1 is 1.07 bits per heavy atom. The van der Waals surface area contributed by atoms with E-state index in [4.69, 9.17) is 11.5 Å². The largest absolute Gasteiger partial charge is 0.382 e. The molecule has 0 bridgehead atoms. The first-order valence-corrected chi connectivity index (χ1v) is 4.68. The van der Waals surface area contributed by atoms with Gasteiger partial charge in [0.25, 0.3) is 0 Å². The zero-order valence-corrected chi connectivity index (χ0v) is 8.65. The van der Waals surface area contributed by atoms with Gasteiger partial charge in [-0.15, -0.1) is 0 Å². The molecular formula is C9H12N6. The maximum Gasteiger partial charge on any atom is 0.224 e. The Kier molecular flexibility index (Phi) is 2.11. The summed E-state index contributed by atoms with van der Waals surface area (Å²) < 4.78 is 0. The molecule has 0 amide bonds. The Bertz CT molecular complexity index is 521. The van der Waals surface area contributed by atoms with Gasteiger partial charge in [0.1, 0.15) is 0 Å². The van der Waals surface area contributed by atoms with Crippen molar-refractivity contribution in [2.45, 2.75) is 20.3 Å². The molecular weight excluding hydrogens is 192 g/mol. The smallest absolute Gasteiger partial charge is 0.224 e. The molecule has 2 aromatic heterocycles. The summed E-state index contributed by atoms with van der Waals surface area (Å²) in [4.78, 5) is 16.5. The van der Waals surface area contributed by atoms with E-state index in [0.29, 0.717) is 11.2 Å². The lowest BCUT2D eigenvalue weighted by Crippen LogP contribution is -2.06. The zero-order valence-electron chi connectivity index (χ0n) is 8.65. The third-order valence-corrected chi connectivity index (χ3v) is 2.18. The number of rotatable bonds is 1. The second kappa shape index (κ2) is 3.30. The second-order valence-corrected chi connectivity index (χ2v) is 3.25. The van der Waals surface area contributed by atoms with Gasteiger partial charge >= 0.3 is 0 Å². The minimum Gasteiger partial charge on any atom is -0.382 e. The van der Waals surface area contributed by atoms with Crippen molar-refractivity contribution in [3.8, 4) is 0 Å². The maximum absolute atomic E-state index is 5.68. The SMILES string of the molecule is CCc1nc2nc(N)nc(N)c2nc1C. The number of nitrogens with two attached hydrogens (primary N) is 2. The third-order valence-electron chi connectivity index (χ3n) is 2.18. The number of aromatic nitrogens is 4. The van der Waals surface area contributed by atoms with Crippen LogP contribution >= 0.6 is 0 Å². The normalized spacial score (nSPS) is 10.8. The van der Waals surface area contributed by atoms with Gasteiger partial charge in [-0.2, -0.15) is 9.97 Å². The molecule has 0 radical (unpaired) electrons. The number of anilines is 2. The first kappa shape index (κ1) is 9.57. The summed E-state index contributed by atoms with van der Waals surface area (Å²) in [5.41, 5.74) is 13.9. The van der Waals surface area contributed by atoms with Crippen molar-refractivity contribution in [3.63, 3.8) is 0 Å². The van der Waals surface area contributed by atoms with E-state index in [2.05, 4.69) is 19.9 Å². The van der Waals surface area contributed by atoms with E-state index in [0.717, 1.165) is 17.8 Å². The van der Waals surface area contributed by atoms with Crippen LogP contribution in [0.3, 0.4) is 0 Å². The van der Waals surface area contributed by atoms with E-state index in [-0.39, 0.29) is 11.8 Å². The summed E-state index contributed by atoms with van der Waals surface area (Å²) in [6.07, 6.45) is 0.804. The van der Waals surface area contributed by atoms with Gasteiger partial charge in [0.05, 0.1) is 11.4 Å². The van der Waals surface area contributed by atoms with Crippen molar-refractivity contribution < 1.29 is 0 Å². The molecule has 6 nitrogen and oxygen atoms in total. The monoisotopic (exact) mass is 204 g/mol. The standard InChI is InChI=1S/C9H12N6/c1-3-5-4(2)12-6-7(10)14-9(11)15-8(6)13-5/h3H2,1-2H3,(H4,10,11,13,14,15). The van der Waals surface area contributed by atoms with E-state index in [9.17, 15) is 0 Å². The maximum atomic E-state index is 5.68. The molecule has 0 aliphatic rings. The highest BCUT2D eigenvalue weighted by molar-refractivity contribution is 5.82. The molecule has 6 heteroatoms. The molecule has 15 heavy (non-hydrogen) atoms. The highest BCUT2D eigenvalue weighted by atomic mass is 15.1. The van der Waals surface area contributed by atoms with E-state index < -0.39 is 0 Å². The number of aryl methyl sites for hydroxylation is 2. The lowest BCUT2D eigenvalue weighted by molar-refractivity contribution is 0.975. The summed E-state index contributed by atoms with van der Waals surface area (Å²) in [5, 5.41) is 0. The number of hydrogen-bond donors (Lipinski definition) is 2. The number of nitrogen functional groups attached to an aromatic ring is 2. The van der Waals surface area contributed by atoms with E-state index in [1.54, 1.807) is 0 Å². The topological polar surface area (TPSA) is 104 Å². The Morgan fingerprint density at radius 2 is 1.80 bits per heavy atom. The van der Waals surface area contributed by atoms with Crippen molar-refractivity contribution in [2.75, 3.05) is 11.5 Å². The fourth-order valence-corrected chi connectivity index (χ4v) is 1.44. The fourth-order valence-electron chi connectivity index (χ4n) is 1.44. The first-order chi connectivity index (χ1) is 7.11.